The molecule has 0 spiro atoms. The van der Waals surface area contributed by atoms with Gasteiger partial charge in [-0.25, -0.2) is 4.79 Å². The van der Waals surface area contributed by atoms with Crippen molar-refractivity contribution in [3.63, 3.8) is 0 Å². The van der Waals surface area contributed by atoms with Crippen molar-refractivity contribution in [3.8, 4) is 16.9 Å². The van der Waals surface area contributed by atoms with E-state index in [0.717, 1.165) is 80.8 Å². The minimum absolute atomic E-state index is 0.0613. The summed E-state index contributed by atoms with van der Waals surface area (Å²) in [6.07, 6.45) is 3.18. The number of carbonyl (C=O) groups is 2. The molecule has 0 aliphatic carbocycles. The van der Waals surface area contributed by atoms with Crippen LogP contribution in [0, 0.1) is 5.92 Å². The van der Waals surface area contributed by atoms with Gasteiger partial charge >= 0.3 is 6.09 Å². The van der Waals surface area contributed by atoms with E-state index in [4.69, 9.17) is 27.9 Å². The van der Waals surface area contributed by atoms with E-state index in [1.54, 1.807) is 11.8 Å². The van der Waals surface area contributed by atoms with Crippen LogP contribution >= 0.6 is 35.0 Å². The molecule has 4 aromatic carbocycles. The van der Waals surface area contributed by atoms with Crippen LogP contribution in [0.5, 0.6) is 5.75 Å². The van der Waals surface area contributed by atoms with Gasteiger partial charge in [-0.1, -0.05) is 77.8 Å². The van der Waals surface area contributed by atoms with Crippen molar-refractivity contribution in [1.29, 1.82) is 0 Å². The van der Waals surface area contributed by atoms with Crippen LogP contribution in [0.2, 0.25) is 10.0 Å². The maximum atomic E-state index is 13.8. The van der Waals surface area contributed by atoms with Gasteiger partial charge in [0.2, 0.25) is 5.91 Å². The van der Waals surface area contributed by atoms with Gasteiger partial charge in [-0.3, -0.25) is 9.69 Å². The second-order valence-corrected chi connectivity index (χ2v) is 15.2. The molecule has 6 rings (SSSR count). The van der Waals surface area contributed by atoms with Gasteiger partial charge in [0.05, 0.1) is 0 Å². The van der Waals surface area contributed by atoms with Crippen LogP contribution in [0.3, 0.4) is 0 Å². The summed E-state index contributed by atoms with van der Waals surface area (Å²) >= 11 is 14.8. The molecule has 1 atom stereocenters. The molecule has 2 aliphatic rings. The molecule has 0 unspecified atom stereocenters. The summed E-state index contributed by atoms with van der Waals surface area (Å²) in [5.74, 6) is 0.531. The number of rotatable bonds is 13. The van der Waals surface area contributed by atoms with Crippen molar-refractivity contribution in [3.05, 3.63) is 118 Å². The zero-order valence-corrected chi connectivity index (χ0v) is 31.8. The molecule has 0 radical (unpaired) electrons. The number of amides is 2. The quantitative estimate of drug-likeness (QED) is 0.133. The maximum Gasteiger partial charge on any atom is 0.405 e. The summed E-state index contributed by atoms with van der Waals surface area (Å²) in [5, 5.41) is 13.6. The van der Waals surface area contributed by atoms with E-state index in [-0.39, 0.29) is 11.8 Å². The van der Waals surface area contributed by atoms with Crippen LogP contribution < -0.4 is 10.1 Å². The number of hydrogen-bond acceptors (Lipinski definition) is 6. The van der Waals surface area contributed by atoms with Crippen LogP contribution in [0.1, 0.15) is 29.5 Å². The molecule has 2 aliphatic heterocycles. The van der Waals surface area contributed by atoms with Crippen molar-refractivity contribution < 1.29 is 19.4 Å². The van der Waals surface area contributed by atoms with Crippen molar-refractivity contribution in [2.75, 3.05) is 52.1 Å². The Hall–Kier alpha value is -3.73. The first-order valence-electron chi connectivity index (χ1n) is 17.9. The highest BCUT2D eigenvalue weighted by atomic mass is 35.5. The third kappa shape index (κ3) is 10.2. The van der Waals surface area contributed by atoms with E-state index in [1.807, 2.05) is 71.6 Å². The predicted molar refractivity (Wildman–Crippen MR) is 211 cm³/mol. The SMILES string of the molecule is CSc1ccccc1CN1CCN(C(=O)[C@H](NC(=O)O)C2CCN(CCc3cc(Cl)ccc3-c3cc(Cl)cc(OCc4ccccc4)c3)CC2)CC1. The first-order valence-corrected chi connectivity index (χ1v) is 19.8. The third-order valence-electron chi connectivity index (χ3n) is 10.1. The highest BCUT2D eigenvalue weighted by Crippen LogP contribution is 2.33. The molecule has 0 aromatic heterocycles. The lowest BCUT2D eigenvalue weighted by Gasteiger charge is -2.40. The lowest BCUT2D eigenvalue weighted by Crippen LogP contribution is -2.57. The highest BCUT2D eigenvalue weighted by Gasteiger charge is 2.36. The van der Waals surface area contributed by atoms with Gasteiger partial charge in [-0.05, 0) is 109 Å². The fourth-order valence-corrected chi connectivity index (χ4v) is 8.32. The molecule has 4 aromatic rings. The number of hydrogen-bond donors (Lipinski definition) is 2. The number of thioether (sulfide) groups is 1. The Kier molecular flexibility index (Phi) is 13.4. The number of likely N-dealkylation sites (tertiary alicyclic amines) is 1. The molecule has 52 heavy (non-hydrogen) atoms. The molecule has 8 nitrogen and oxygen atoms in total. The van der Waals surface area contributed by atoms with Crippen molar-refractivity contribution >= 4 is 47.0 Å². The number of piperidine rings is 1. The minimum atomic E-state index is -1.16. The summed E-state index contributed by atoms with van der Waals surface area (Å²) < 4.78 is 6.11. The fourth-order valence-electron chi connectivity index (χ4n) is 7.29. The van der Waals surface area contributed by atoms with Crippen molar-refractivity contribution in [2.45, 2.75) is 43.4 Å². The van der Waals surface area contributed by atoms with Gasteiger partial charge in [-0.15, -0.1) is 11.8 Å². The number of carboxylic acid groups (broad SMARTS) is 1. The van der Waals surface area contributed by atoms with Gasteiger partial charge in [0.1, 0.15) is 18.4 Å². The van der Waals surface area contributed by atoms with Gasteiger partial charge in [0.15, 0.2) is 0 Å². The van der Waals surface area contributed by atoms with E-state index >= 15 is 0 Å². The first-order chi connectivity index (χ1) is 25.2. The average Bonchev–Trinajstić information content (AvgIpc) is 3.16. The molecule has 2 amide bonds. The Morgan fingerprint density at radius 3 is 2.31 bits per heavy atom. The Morgan fingerprint density at radius 2 is 1.58 bits per heavy atom. The Labute approximate surface area is 321 Å². The topological polar surface area (TPSA) is 85.3 Å². The number of halogens is 2. The van der Waals surface area contributed by atoms with Crippen molar-refractivity contribution in [1.82, 2.24) is 20.0 Å². The third-order valence-corrected chi connectivity index (χ3v) is 11.4. The zero-order valence-electron chi connectivity index (χ0n) is 29.5. The Morgan fingerprint density at radius 1 is 0.846 bits per heavy atom. The highest BCUT2D eigenvalue weighted by molar-refractivity contribution is 7.98. The van der Waals surface area contributed by atoms with Crippen LogP contribution in [0.15, 0.2) is 95.9 Å². The Balaban J connectivity index is 1.04. The van der Waals surface area contributed by atoms with Gasteiger partial charge in [0, 0.05) is 54.2 Å². The van der Waals surface area contributed by atoms with Gasteiger partial charge in [0.25, 0.3) is 0 Å². The first kappa shape index (κ1) is 38.0. The summed E-state index contributed by atoms with van der Waals surface area (Å²) in [6.45, 7) is 6.36. The summed E-state index contributed by atoms with van der Waals surface area (Å²) in [4.78, 5) is 33.5. The van der Waals surface area contributed by atoms with E-state index in [1.165, 1.54) is 10.5 Å². The lowest BCUT2D eigenvalue weighted by molar-refractivity contribution is -0.137. The molecular weight excluding hydrogens is 715 g/mol. The van der Waals surface area contributed by atoms with Gasteiger partial charge < -0.3 is 25.0 Å². The standard InChI is InChI=1S/C41H46Cl2N4O4S/c1-52-38-10-6-5-9-32(38)27-46-19-21-47(22-20-46)40(48)39(44-41(49)50)30-13-16-45(17-14-30)18-15-31-23-34(42)11-12-37(31)33-24-35(43)26-36(25-33)51-28-29-7-3-2-4-8-29/h2-12,23-26,30,39,44H,13-22,27-28H2,1H3,(H,49,50)/t39-/m1/s1. The van der Waals surface area contributed by atoms with Crippen LogP contribution in [0.25, 0.3) is 11.1 Å². The van der Waals surface area contributed by atoms with E-state index in [2.05, 4.69) is 45.6 Å². The van der Waals surface area contributed by atoms with E-state index in [9.17, 15) is 14.7 Å². The number of nitrogens with one attached hydrogen (secondary N) is 1. The average molecular weight is 762 g/mol. The number of carbonyl (C=O) groups excluding carboxylic acids is 1. The summed E-state index contributed by atoms with van der Waals surface area (Å²) in [7, 11) is 0. The van der Waals surface area contributed by atoms with Crippen LogP contribution in [0.4, 0.5) is 4.79 Å². The fraction of sp³-hybridized carbons (Fsp3) is 0.366. The molecule has 2 saturated heterocycles. The smallest absolute Gasteiger partial charge is 0.405 e. The largest absolute Gasteiger partial charge is 0.489 e. The Bertz CT molecular complexity index is 1810. The number of nitrogens with zero attached hydrogens (tertiary/aromatic N) is 3. The summed E-state index contributed by atoms with van der Waals surface area (Å²) in [6, 6.07) is 29.5. The predicted octanol–water partition coefficient (Wildman–Crippen LogP) is 8.20. The molecule has 274 valence electrons. The zero-order chi connectivity index (χ0) is 36.5. The molecule has 0 saturated carbocycles. The number of piperazine rings is 1. The number of ether oxygens (including phenoxy) is 1. The number of benzene rings is 4. The molecule has 11 heteroatoms. The molecular formula is C41H46Cl2N4O4S. The molecule has 0 bridgehead atoms. The van der Waals surface area contributed by atoms with Crippen LogP contribution in [-0.4, -0.2) is 89.9 Å². The summed E-state index contributed by atoms with van der Waals surface area (Å²) in [5.41, 5.74) is 5.50. The molecule has 2 heterocycles. The maximum absolute atomic E-state index is 13.8. The lowest BCUT2D eigenvalue weighted by atomic mass is 9.88. The van der Waals surface area contributed by atoms with Crippen molar-refractivity contribution in [2.24, 2.45) is 5.92 Å². The van der Waals surface area contributed by atoms with E-state index < -0.39 is 12.1 Å². The van der Waals surface area contributed by atoms with Gasteiger partial charge in [-0.2, -0.15) is 0 Å². The molecule has 2 N–H and O–H groups in total. The normalized spacial score (nSPS) is 16.4. The second kappa shape index (κ2) is 18.3. The monoisotopic (exact) mass is 760 g/mol. The molecule has 2 fully saturated rings. The van der Waals surface area contributed by atoms with Crippen LogP contribution in [-0.2, 0) is 24.4 Å². The van der Waals surface area contributed by atoms with E-state index in [0.29, 0.717) is 35.5 Å². The minimum Gasteiger partial charge on any atom is -0.489 e. The second-order valence-electron chi connectivity index (χ2n) is 13.5.